The summed E-state index contributed by atoms with van der Waals surface area (Å²) < 4.78 is 12.8. The molecule has 0 atom stereocenters. The second kappa shape index (κ2) is 7.21. The highest BCUT2D eigenvalue weighted by molar-refractivity contribution is 5.65. The smallest absolute Gasteiger partial charge is 0.125 e. The van der Waals surface area contributed by atoms with Crippen LogP contribution in [0.2, 0.25) is 0 Å². The Kier molecular flexibility index (Phi) is 5.92. The molecule has 0 saturated carbocycles. The lowest BCUT2D eigenvalue weighted by molar-refractivity contribution is 0.269. The number of hydrogen-bond acceptors (Lipinski definition) is 3. The van der Waals surface area contributed by atoms with Gasteiger partial charge in [-0.25, -0.2) is 4.39 Å². The highest BCUT2D eigenvalue weighted by Crippen LogP contribution is 2.18. The van der Waals surface area contributed by atoms with Gasteiger partial charge in [-0.2, -0.15) is 0 Å². The molecule has 0 heterocycles. The molecule has 3 nitrogen and oxygen atoms in total. The van der Waals surface area contributed by atoms with E-state index in [1.54, 1.807) is 6.07 Å². The van der Waals surface area contributed by atoms with Crippen molar-refractivity contribution >= 4 is 11.4 Å². The first-order chi connectivity index (χ1) is 8.50. The van der Waals surface area contributed by atoms with E-state index in [1.807, 2.05) is 0 Å². The molecule has 0 aliphatic rings. The van der Waals surface area contributed by atoms with Crippen molar-refractivity contribution in [2.45, 2.75) is 32.7 Å². The number of nitrogens with two attached hydrogens (primary N) is 1. The number of benzene rings is 1. The Labute approximate surface area is 109 Å². The first-order valence-corrected chi connectivity index (χ1v) is 6.50. The summed E-state index contributed by atoms with van der Waals surface area (Å²) in [6.07, 6.45) is 2.22. The van der Waals surface area contributed by atoms with E-state index in [0.29, 0.717) is 11.7 Å². The number of nitrogens with zero attached hydrogens (tertiary/aromatic N) is 1. The van der Waals surface area contributed by atoms with Crippen molar-refractivity contribution in [1.82, 2.24) is 4.90 Å². The molecule has 0 unspecified atom stereocenters. The maximum atomic E-state index is 12.8. The number of nitrogen functional groups attached to an aromatic ring is 1. The second-order valence-corrected chi connectivity index (χ2v) is 4.94. The van der Waals surface area contributed by atoms with Gasteiger partial charge in [0, 0.05) is 12.6 Å². The number of halogens is 1. The molecule has 0 saturated heterocycles. The zero-order valence-corrected chi connectivity index (χ0v) is 11.5. The molecule has 0 fully saturated rings. The first-order valence-electron chi connectivity index (χ1n) is 6.50. The zero-order valence-electron chi connectivity index (χ0n) is 11.5. The Balaban J connectivity index is 2.22. The summed E-state index contributed by atoms with van der Waals surface area (Å²) in [5.41, 5.74) is 6.99. The lowest BCUT2D eigenvalue weighted by Crippen LogP contribution is -2.27. The van der Waals surface area contributed by atoms with Crippen LogP contribution in [0.1, 0.15) is 26.7 Å². The molecule has 0 aliphatic heterocycles. The van der Waals surface area contributed by atoms with Crippen LogP contribution in [0, 0.1) is 5.82 Å². The van der Waals surface area contributed by atoms with E-state index < -0.39 is 0 Å². The van der Waals surface area contributed by atoms with Crippen molar-refractivity contribution in [1.29, 1.82) is 0 Å². The van der Waals surface area contributed by atoms with Gasteiger partial charge in [0.15, 0.2) is 0 Å². The van der Waals surface area contributed by atoms with Crippen LogP contribution in [0.4, 0.5) is 15.8 Å². The summed E-state index contributed by atoms with van der Waals surface area (Å²) in [5, 5.41) is 3.23. The Bertz CT molecular complexity index is 366. The van der Waals surface area contributed by atoms with Crippen molar-refractivity contribution in [3.8, 4) is 0 Å². The second-order valence-electron chi connectivity index (χ2n) is 4.94. The van der Waals surface area contributed by atoms with Gasteiger partial charge >= 0.3 is 0 Å². The minimum atomic E-state index is -0.295. The largest absolute Gasteiger partial charge is 0.397 e. The lowest BCUT2D eigenvalue weighted by atomic mass is 10.2. The Hall–Kier alpha value is -1.29. The molecule has 0 bridgehead atoms. The Morgan fingerprint density at radius 2 is 2.06 bits per heavy atom. The summed E-state index contributed by atoms with van der Waals surface area (Å²) in [6, 6.07) is 5.04. The standard InChI is InChI=1S/C14H24FN3/c1-11(2)18(3)9-5-4-8-17-14-7-6-12(15)10-13(14)16/h6-7,10-11,17H,4-5,8-9,16H2,1-3H3. The predicted molar refractivity (Wildman–Crippen MR) is 76.3 cm³/mol. The third kappa shape index (κ3) is 4.92. The van der Waals surface area contributed by atoms with Crippen LogP contribution in [0.3, 0.4) is 0 Å². The number of anilines is 2. The van der Waals surface area contributed by atoms with E-state index in [9.17, 15) is 4.39 Å². The van der Waals surface area contributed by atoms with Crippen LogP contribution in [-0.2, 0) is 0 Å². The van der Waals surface area contributed by atoms with Crippen molar-refractivity contribution in [3.63, 3.8) is 0 Å². The topological polar surface area (TPSA) is 41.3 Å². The summed E-state index contributed by atoms with van der Waals surface area (Å²) in [6.45, 7) is 6.34. The minimum absolute atomic E-state index is 0.295. The predicted octanol–water partition coefficient (Wildman–Crippen LogP) is 2.94. The number of rotatable bonds is 7. The van der Waals surface area contributed by atoms with E-state index in [-0.39, 0.29) is 5.82 Å². The van der Waals surface area contributed by atoms with Crippen LogP contribution < -0.4 is 11.1 Å². The lowest BCUT2D eigenvalue weighted by Gasteiger charge is -2.20. The molecule has 1 aromatic carbocycles. The molecule has 4 heteroatoms. The molecular weight excluding hydrogens is 229 g/mol. The van der Waals surface area contributed by atoms with Gasteiger partial charge in [0.2, 0.25) is 0 Å². The third-order valence-corrected chi connectivity index (χ3v) is 3.15. The van der Waals surface area contributed by atoms with Crippen LogP contribution in [0.25, 0.3) is 0 Å². The van der Waals surface area contributed by atoms with Gasteiger partial charge in [-0.3, -0.25) is 0 Å². The van der Waals surface area contributed by atoms with Crippen molar-refractivity contribution in [2.75, 3.05) is 31.2 Å². The van der Waals surface area contributed by atoms with Gasteiger partial charge in [-0.1, -0.05) is 0 Å². The molecule has 0 amide bonds. The average molecular weight is 253 g/mol. The molecule has 1 rings (SSSR count). The van der Waals surface area contributed by atoms with E-state index in [0.717, 1.165) is 31.6 Å². The quantitative estimate of drug-likeness (QED) is 0.580. The van der Waals surface area contributed by atoms with Crippen molar-refractivity contribution in [3.05, 3.63) is 24.0 Å². The molecule has 3 N–H and O–H groups in total. The van der Waals surface area contributed by atoms with E-state index in [4.69, 9.17) is 5.73 Å². The van der Waals surface area contributed by atoms with Crippen molar-refractivity contribution in [2.24, 2.45) is 0 Å². The molecule has 102 valence electrons. The van der Waals surface area contributed by atoms with Crippen molar-refractivity contribution < 1.29 is 4.39 Å². The summed E-state index contributed by atoms with van der Waals surface area (Å²) in [4.78, 5) is 2.33. The highest BCUT2D eigenvalue weighted by atomic mass is 19.1. The fraction of sp³-hybridized carbons (Fsp3) is 0.571. The van der Waals surface area contributed by atoms with Gasteiger partial charge in [0.05, 0.1) is 11.4 Å². The molecule has 0 radical (unpaired) electrons. The van der Waals surface area contributed by atoms with Gasteiger partial charge in [-0.15, -0.1) is 0 Å². The average Bonchev–Trinajstić information content (AvgIpc) is 2.30. The molecule has 1 aromatic rings. The van der Waals surface area contributed by atoms with E-state index in [2.05, 4.69) is 31.1 Å². The Morgan fingerprint density at radius 3 is 2.67 bits per heavy atom. The maximum Gasteiger partial charge on any atom is 0.125 e. The number of unbranched alkanes of at least 4 members (excludes halogenated alkanes) is 1. The molecule has 0 aliphatic carbocycles. The first kappa shape index (κ1) is 14.8. The summed E-state index contributed by atoms with van der Waals surface area (Å²) in [7, 11) is 2.13. The SMILES string of the molecule is CC(C)N(C)CCCCNc1ccc(F)cc1N. The van der Waals surface area contributed by atoms with Gasteiger partial charge in [-0.05, 0) is 58.5 Å². The molecule has 0 spiro atoms. The Morgan fingerprint density at radius 1 is 1.33 bits per heavy atom. The van der Waals surface area contributed by atoms with Gasteiger partial charge in [0.25, 0.3) is 0 Å². The van der Waals surface area contributed by atoms with Crippen LogP contribution in [-0.4, -0.2) is 31.1 Å². The fourth-order valence-corrected chi connectivity index (χ4v) is 1.66. The van der Waals surface area contributed by atoms with Gasteiger partial charge in [0.1, 0.15) is 5.82 Å². The van der Waals surface area contributed by atoms with Crippen LogP contribution in [0.5, 0.6) is 0 Å². The zero-order chi connectivity index (χ0) is 13.5. The summed E-state index contributed by atoms with van der Waals surface area (Å²) >= 11 is 0. The number of nitrogens with one attached hydrogen (secondary N) is 1. The third-order valence-electron chi connectivity index (χ3n) is 3.15. The van der Waals surface area contributed by atoms with Crippen LogP contribution >= 0.6 is 0 Å². The monoisotopic (exact) mass is 253 g/mol. The van der Waals surface area contributed by atoms with E-state index >= 15 is 0 Å². The van der Waals surface area contributed by atoms with Gasteiger partial charge < -0.3 is 16.0 Å². The minimum Gasteiger partial charge on any atom is -0.397 e. The normalized spacial score (nSPS) is 11.2. The molecule has 0 aromatic heterocycles. The number of hydrogen-bond donors (Lipinski definition) is 2. The molecular formula is C14H24FN3. The highest BCUT2D eigenvalue weighted by Gasteiger charge is 2.02. The molecule has 18 heavy (non-hydrogen) atoms. The van der Waals surface area contributed by atoms with E-state index in [1.165, 1.54) is 12.1 Å². The van der Waals surface area contributed by atoms with Crippen LogP contribution in [0.15, 0.2) is 18.2 Å². The summed E-state index contributed by atoms with van der Waals surface area (Å²) in [5.74, 6) is -0.295. The maximum absolute atomic E-state index is 12.8. The fourth-order valence-electron chi connectivity index (χ4n) is 1.66.